The van der Waals surface area contributed by atoms with Gasteiger partial charge in [-0.05, 0) is 43.2 Å². The molecule has 9 heteroatoms. The van der Waals surface area contributed by atoms with Crippen LogP contribution < -0.4 is 15.1 Å². The third kappa shape index (κ3) is 3.88. The van der Waals surface area contributed by atoms with Gasteiger partial charge in [-0.15, -0.1) is 6.42 Å². The second-order valence-corrected chi connectivity index (χ2v) is 9.78. The van der Waals surface area contributed by atoms with Crippen molar-refractivity contribution in [3.63, 3.8) is 0 Å². The number of anilines is 4. The Balaban J connectivity index is 1.31. The number of carbonyl (C=O) groups excluding carboxylic acids is 1. The second-order valence-electron chi connectivity index (χ2n) is 9.78. The molecule has 184 valence electrons. The van der Waals surface area contributed by atoms with Crippen molar-refractivity contribution in [3.8, 4) is 12.3 Å². The number of ether oxygens (including phenoxy) is 1. The fraction of sp³-hybridized carbons (Fsp3) is 0.407. The lowest BCUT2D eigenvalue weighted by atomic mass is 9.96. The fourth-order valence-corrected chi connectivity index (χ4v) is 5.71. The first-order valence-electron chi connectivity index (χ1n) is 12.5. The highest BCUT2D eigenvalue weighted by Gasteiger charge is 2.51. The van der Waals surface area contributed by atoms with Crippen LogP contribution in [0, 0.1) is 12.3 Å². The number of amides is 2. The summed E-state index contributed by atoms with van der Waals surface area (Å²) in [5.74, 6) is 3.73. The number of pyridine rings is 1. The van der Waals surface area contributed by atoms with Gasteiger partial charge in [0.05, 0.1) is 24.1 Å². The highest BCUT2D eigenvalue weighted by Crippen LogP contribution is 2.43. The van der Waals surface area contributed by atoms with Crippen molar-refractivity contribution in [2.75, 3.05) is 55.0 Å². The Morgan fingerprint density at radius 1 is 1.11 bits per heavy atom. The molecule has 1 spiro atoms. The molecule has 0 radical (unpaired) electrons. The number of fused-ring (bicyclic) bond motifs is 1. The lowest BCUT2D eigenvalue weighted by Crippen LogP contribution is -2.45. The molecule has 0 bridgehead atoms. The number of hydrogen-bond acceptors (Lipinski definition) is 7. The standard InChI is InChI=1S/C27H29N7O2/c1-3-19-16-23(34-26(35)32(2)18-27(34)10-4-5-11-27)30-24-22(19)17-28-25(31-24)29-20-6-8-21(9-7-20)33-12-14-36-15-13-33/h1,6-9,16-17H,4-5,10-15,18H2,2H3,(H,28,29,30,31). The van der Waals surface area contributed by atoms with E-state index in [1.807, 2.05) is 30.1 Å². The number of urea groups is 1. The van der Waals surface area contributed by atoms with Crippen molar-refractivity contribution < 1.29 is 9.53 Å². The third-order valence-electron chi connectivity index (χ3n) is 7.49. The minimum absolute atomic E-state index is 0.0421. The lowest BCUT2D eigenvalue weighted by molar-refractivity contribution is 0.122. The van der Waals surface area contributed by atoms with E-state index in [4.69, 9.17) is 16.1 Å². The minimum atomic E-state index is -0.227. The Morgan fingerprint density at radius 2 is 1.86 bits per heavy atom. The number of rotatable bonds is 4. The maximum absolute atomic E-state index is 13.2. The number of morpholine rings is 1. The molecule has 0 unspecified atom stereocenters. The van der Waals surface area contributed by atoms with Gasteiger partial charge in [-0.2, -0.15) is 4.98 Å². The Labute approximate surface area is 210 Å². The van der Waals surface area contributed by atoms with E-state index in [1.165, 1.54) is 0 Å². The summed E-state index contributed by atoms with van der Waals surface area (Å²) in [6, 6.07) is 9.96. The molecule has 1 N–H and O–H groups in total. The largest absolute Gasteiger partial charge is 0.378 e. The summed E-state index contributed by atoms with van der Waals surface area (Å²) >= 11 is 0. The molecule has 9 nitrogen and oxygen atoms in total. The van der Waals surface area contributed by atoms with Crippen LogP contribution in [-0.4, -0.2) is 71.3 Å². The van der Waals surface area contributed by atoms with Gasteiger partial charge in [0.25, 0.3) is 0 Å². The summed E-state index contributed by atoms with van der Waals surface area (Å²) < 4.78 is 5.44. The summed E-state index contributed by atoms with van der Waals surface area (Å²) in [6.07, 6.45) is 11.7. The first kappa shape index (κ1) is 22.6. The van der Waals surface area contributed by atoms with Gasteiger partial charge in [0.2, 0.25) is 5.95 Å². The highest BCUT2D eigenvalue weighted by molar-refractivity contribution is 5.97. The van der Waals surface area contributed by atoms with E-state index in [2.05, 4.69) is 38.2 Å². The van der Waals surface area contributed by atoms with Gasteiger partial charge in [-0.1, -0.05) is 18.8 Å². The van der Waals surface area contributed by atoms with E-state index in [0.29, 0.717) is 34.9 Å². The Kier molecular flexibility index (Phi) is 5.61. The number of nitrogens with zero attached hydrogens (tertiary/aromatic N) is 6. The van der Waals surface area contributed by atoms with Gasteiger partial charge in [0.1, 0.15) is 5.82 Å². The summed E-state index contributed by atoms with van der Waals surface area (Å²) in [5.41, 5.74) is 2.91. The maximum Gasteiger partial charge on any atom is 0.326 e. The zero-order valence-corrected chi connectivity index (χ0v) is 20.4. The number of hydrogen-bond donors (Lipinski definition) is 1. The Bertz CT molecular complexity index is 1340. The summed E-state index contributed by atoms with van der Waals surface area (Å²) in [4.78, 5) is 33.1. The van der Waals surface area contributed by atoms with Crippen molar-refractivity contribution in [1.82, 2.24) is 19.9 Å². The summed E-state index contributed by atoms with van der Waals surface area (Å²) in [5, 5.41) is 3.96. The number of aromatic nitrogens is 3. The molecule has 1 aromatic carbocycles. The molecule has 2 aliphatic heterocycles. The van der Waals surface area contributed by atoms with Crippen LogP contribution in [-0.2, 0) is 4.74 Å². The number of nitrogens with one attached hydrogen (secondary N) is 1. The monoisotopic (exact) mass is 483 g/mol. The van der Waals surface area contributed by atoms with Crippen LogP contribution in [0.4, 0.5) is 27.9 Å². The first-order chi connectivity index (χ1) is 17.6. The van der Waals surface area contributed by atoms with Crippen molar-refractivity contribution in [2.45, 2.75) is 31.2 Å². The number of likely N-dealkylation sites (N-methyl/N-ethyl adjacent to an activating group) is 1. The molecular weight excluding hydrogens is 454 g/mol. The number of carbonyl (C=O) groups is 1. The smallest absolute Gasteiger partial charge is 0.326 e. The van der Waals surface area contributed by atoms with Crippen molar-refractivity contribution in [3.05, 3.63) is 42.1 Å². The highest BCUT2D eigenvalue weighted by atomic mass is 16.5. The Hall–Kier alpha value is -3.90. The zero-order valence-electron chi connectivity index (χ0n) is 20.4. The second kappa shape index (κ2) is 8.95. The van der Waals surface area contributed by atoms with E-state index < -0.39 is 0 Å². The molecular formula is C27H29N7O2. The molecule has 2 aromatic heterocycles. The molecule has 0 atom stereocenters. The molecule has 1 saturated carbocycles. The van der Waals surface area contributed by atoms with Crippen LogP contribution in [0.3, 0.4) is 0 Å². The minimum Gasteiger partial charge on any atom is -0.378 e. The van der Waals surface area contributed by atoms with Crippen LogP contribution in [0.2, 0.25) is 0 Å². The van der Waals surface area contributed by atoms with Crippen molar-refractivity contribution in [1.29, 1.82) is 0 Å². The van der Waals surface area contributed by atoms with Gasteiger partial charge in [0.15, 0.2) is 5.65 Å². The maximum atomic E-state index is 13.2. The predicted octanol–water partition coefficient (Wildman–Crippen LogP) is 3.77. The summed E-state index contributed by atoms with van der Waals surface area (Å²) in [6.45, 7) is 3.99. The van der Waals surface area contributed by atoms with E-state index in [1.54, 1.807) is 11.1 Å². The molecule has 3 aliphatic rings. The zero-order chi connectivity index (χ0) is 24.7. The fourth-order valence-electron chi connectivity index (χ4n) is 5.71. The van der Waals surface area contributed by atoms with Crippen LogP contribution in [0.15, 0.2) is 36.5 Å². The van der Waals surface area contributed by atoms with Gasteiger partial charge in [0, 0.05) is 49.8 Å². The van der Waals surface area contributed by atoms with Gasteiger partial charge >= 0.3 is 6.03 Å². The molecule has 2 saturated heterocycles. The molecule has 4 heterocycles. The van der Waals surface area contributed by atoms with Crippen LogP contribution >= 0.6 is 0 Å². The molecule has 3 aromatic rings. The van der Waals surface area contributed by atoms with Crippen molar-refractivity contribution >= 4 is 40.2 Å². The Morgan fingerprint density at radius 3 is 2.58 bits per heavy atom. The van der Waals surface area contributed by atoms with E-state index >= 15 is 0 Å². The molecule has 3 fully saturated rings. The third-order valence-corrected chi connectivity index (χ3v) is 7.49. The number of benzene rings is 1. The van der Waals surface area contributed by atoms with Gasteiger partial charge in [-0.3, -0.25) is 4.90 Å². The molecule has 6 rings (SSSR count). The molecule has 1 aliphatic carbocycles. The average Bonchev–Trinajstić information content (AvgIpc) is 3.47. The topological polar surface area (TPSA) is 86.7 Å². The number of terminal acetylenes is 1. The van der Waals surface area contributed by atoms with Crippen molar-refractivity contribution in [2.24, 2.45) is 0 Å². The van der Waals surface area contributed by atoms with Crippen LogP contribution in [0.5, 0.6) is 0 Å². The summed E-state index contributed by atoms with van der Waals surface area (Å²) in [7, 11) is 1.85. The van der Waals surface area contributed by atoms with E-state index in [9.17, 15) is 4.79 Å². The molecule has 36 heavy (non-hydrogen) atoms. The normalized spacial score (nSPS) is 19.3. The lowest BCUT2D eigenvalue weighted by Gasteiger charge is -2.32. The first-order valence-corrected chi connectivity index (χ1v) is 12.5. The van der Waals surface area contributed by atoms with Gasteiger partial charge in [-0.25, -0.2) is 14.8 Å². The molecule has 2 amide bonds. The van der Waals surface area contributed by atoms with E-state index in [0.717, 1.165) is 63.4 Å². The van der Waals surface area contributed by atoms with Gasteiger partial charge < -0.3 is 19.9 Å². The predicted molar refractivity (Wildman–Crippen MR) is 140 cm³/mol. The van der Waals surface area contributed by atoms with Crippen LogP contribution in [0.25, 0.3) is 11.0 Å². The quantitative estimate of drug-likeness (QED) is 0.565. The van der Waals surface area contributed by atoms with Crippen LogP contribution in [0.1, 0.15) is 31.2 Å². The average molecular weight is 484 g/mol. The SMILES string of the molecule is C#Cc1cc(N2C(=O)N(C)CC23CCCC3)nc2nc(Nc3ccc(N4CCOCC4)cc3)ncc12. The van der Waals surface area contributed by atoms with E-state index in [-0.39, 0.29) is 11.6 Å².